The molecule has 0 amide bonds. The molecule has 0 aliphatic heterocycles. The molecular weight excluding hydrogens is 212 g/mol. The predicted octanol–water partition coefficient (Wildman–Crippen LogP) is 2.30. The minimum atomic E-state index is -0.0119. The van der Waals surface area contributed by atoms with Gasteiger partial charge < -0.3 is 16.2 Å². The summed E-state index contributed by atoms with van der Waals surface area (Å²) in [5.41, 5.74) is 15.3. The smallest absolute Gasteiger partial charge is 0.126 e. The van der Waals surface area contributed by atoms with Gasteiger partial charge in [-0.25, -0.2) is 0 Å². The molecule has 2 unspecified atom stereocenters. The van der Waals surface area contributed by atoms with Crippen molar-refractivity contribution in [3.05, 3.63) is 28.8 Å². The molecule has 0 aliphatic carbocycles. The Morgan fingerprint density at radius 2 is 1.94 bits per heavy atom. The van der Waals surface area contributed by atoms with Crippen LogP contribution in [0.25, 0.3) is 0 Å². The monoisotopic (exact) mass is 236 g/mol. The van der Waals surface area contributed by atoms with E-state index in [1.807, 2.05) is 0 Å². The molecule has 0 spiro atoms. The van der Waals surface area contributed by atoms with Crippen LogP contribution in [-0.2, 0) is 0 Å². The second-order valence-corrected chi connectivity index (χ2v) is 4.89. The molecule has 0 fully saturated rings. The van der Waals surface area contributed by atoms with Crippen LogP contribution in [0.15, 0.2) is 12.1 Å². The van der Waals surface area contributed by atoms with Crippen LogP contribution >= 0.6 is 0 Å². The minimum absolute atomic E-state index is 0.0119. The third kappa shape index (κ3) is 3.45. The standard InChI is InChI=1S/C14H24N2O/c1-9-5-11(3)14(17-4)12(6-9)13(16)7-10(2)8-15/h5-6,10,13H,7-8,15-16H2,1-4H3. The summed E-state index contributed by atoms with van der Waals surface area (Å²) in [7, 11) is 1.69. The van der Waals surface area contributed by atoms with Gasteiger partial charge in [0.25, 0.3) is 0 Å². The normalized spacial score (nSPS) is 14.5. The maximum Gasteiger partial charge on any atom is 0.126 e. The molecule has 1 aromatic rings. The Balaban J connectivity index is 3.02. The summed E-state index contributed by atoms with van der Waals surface area (Å²) in [5, 5.41) is 0. The Labute approximate surface area is 104 Å². The van der Waals surface area contributed by atoms with Crippen molar-refractivity contribution in [1.82, 2.24) is 0 Å². The molecule has 1 rings (SSSR count). The van der Waals surface area contributed by atoms with Gasteiger partial charge in [0.05, 0.1) is 7.11 Å². The number of methoxy groups -OCH3 is 1. The Kier molecular flexibility index (Phi) is 4.97. The second kappa shape index (κ2) is 6.03. The van der Waals surface area contributed by atoms with Crippen molar-refractivity contribution in [2.45, 2.75) is 33.2 Å². The third-order valence-corrected chi connectivity index (χ3v) is 3.11. The topological polar surface area (TPSA) is 61.3 Å². The number of ether oxygens (including phenoxy) is 1. The maximum atomic E-state index is 6.25. The molecular formula is C14H24N2O. The van der Waals surface area contributed by atoms with Crippen LogP contribution in [0.2, 0.25) is 0 Å². The fourth-order valence-electron chi connectivity index (χ4n) is 2.20. The van der Waals surface area contributed by atoms with Gasteiger partial charge in [0, 0.05) is 11.6 Å². The average molecular weight is 236 g/mol. The van der Waals surface area contributed by atoms with Crippen LogP contribution in [0.5, 0.6) is 5.75 Å². The molecule has 0 aromatic heterocycles. The fraction of sp³-hybridized carbons (Fsp3) is 0.571. The van der Waals surface area contributed by atoms with E-state index in [1.165, 1.54) is 5.56 Å². The largest absolute Gasteiger partial charge is 0.496 e. The van der Waals surface area contributed by atoms with Crippen molar-refractivity contribution >= 4 is 0 Å². The molecule has 1 aromatic carbocycles. The molecule has 17 heavy (non-hydrogen) atoms. The molecule has 96 valence electrons. The van der Waals surface area contributed by atoms with Crippen LogP contribution in [0.4, 0.5) is 0 Å². The molecule has 3 nitrogen and oxygen atoms in total. The molecule has 0 saturated carbocycles. The van der Waals surface area contributed by atoms with Crippen LogP contribution in [0.1, 0.15) is 36.1 Å². The minimum Gasteiger partial charge on any atom is -0.496 e. The highest BCUT2D eigenvalue weighted by molar-refractivity contribution is 5.45. The first kappa shape index (κ1) is 14.0. The van der Waals surface area contributed by atoms with Gasteiger partial charge in [0.2, 0.25) is 0 Å². The molecule has 0 heterocycles. The predicted molar refractivity (Wildman–Crippen MR) is 72.2 cm³/mol. The van der Waals surface area contributed by atoms with Crippen LogP contribution in [-0.4, -0.2) is 13.7 Å². The number of hydrogen-bond donors (Lipinski definition) is 2. The summed E-state index contributed by atoms with van der Waals surface area (Å²) in [5.74, 6) is 1.34. The molecule has 4 N–H and O–H groups in total. The number of nitrogens with two attached hydrogens (primary N) is 2. The summed E-state index contributed by atoms with van der Waals surface area (Å²) in [6.07, 6.45) is 0.885. The van der Waals surface area contributed by atoms with E-state index in [0.717, 1.165) is 23.3 Å². The molecule has 2 atom stereocenters. The highest BCUT2D eigenvalue weighted by Crippen LogP contribution is 2.31. The van der Waals surface area contributed by atoms with E-state index in [1.54, 1.807) is 7.11 Å². The number of hydrogen-bond acceptors (Lipinski definition) is 3. The third-order valence-electron chi connectivity index (χ3n) is 3.11. The van der Waals surface area contributed by atoms with Crippen molar-refractivity contribution < 1.29 is 4.74 Å². The lowest BCUT2D eigenvalue weighted by Crippen LogP contribution is -2.20. The molecule has 0 bridgehead atoms. The van der Waals surface area contributed by atoms with Crippen molar-refractivity contribution in [2.24, 2.45) is 17.4 Å². The zero-order chi connectivity index (χ0) is 13.0. The first-order chi connectivity index (χ1) is 7.99. The Hall–Kier alpha value is -1.06. The fourth-order valence-corrected chi connectivity index (χ4v) is 2.20. The van der Waals surface area contributed by atoms with E-state index in [0.29, 0.717) is 12.5 Å². The lowest BCUT2D eigenvalue weighted by Gasteiger charge is -2.20. The average Bonchev–Trinajstić information content (AvgIpc) is 2.27. The number of benzene rings is 1. The zero-order valence-corrected chi connectivity index (χ0v) is 11.3. The number of aryl methyl sites for hydroxylation is 2. The Bertz CT molecular complexity index is 377. The summed E-state index contributed by atoms with van der Waals surface area (Å²) in [6, 6.07) is 4.21. The lowest BCUT2D eigenvalue weighted by atomic mass is 9.93. The molecule has 0 saturated heterocycles. The van der Waals surface area contributed by atoms with Gasteiger partial charge in [-0.15, -0.1) is 0 Å². The van der Waals surface area contributed by atoms with Crippen LogP contribution < -0.4 is 16.2 Å². The van der Waals surface area contributed by atoms with E-state index >= 15 is 0 Å². The summed E-state index contributed by atoms with van der Waals surface area (Å²) >= 11 is 0. The van der Waals surface area contributed by atoms with Gasteiger partial charge in [-0.2, -0.15) is 0 Å². The van der Waals surface area contributed by atoms with Gasteiger partial charge in [-0.05, 0) is 38.3 Å². The van der Waals surface area contributed by atoms with E-state index in [4.69, 9.17) is 16.2 Å². The second-order valence-electron chi connectivity index (χ2n) is 4.89. The highest BCUT2D eigenvalue weighted by Gasteiger charge is 2.16. The van der Waals surface area contributed by atoms with E-state index in [-0.39, 0.29) is 6.04 Å². The Morgan fingerprint density at radius 1 is 1.29 bits per heavy atom. The van der Waals surface area contributed by atoms with Crippen LogP contribution in [0, 0.1) is 19.8 Å². The van der Waals surface area contributed by atoms with Crippen LogP contribution in [0.3, 0.4) is 0 Å². The van der Waals surface area contributed by atoms with Crippen molar-refractivity contribution in [3.8, 4) is 5.75 Å². The number of rotatable bonds is 5. The molecule has 0 radical (unpaired) electrons. The van der Waals surface area contributed by atoms with Gasteiger partial charge >= 0.3 is 0 Å². The summed E-state index contributed by atoms with van der Waals surface area (Å²) in [6.45, 7) is 6.92. The summed E-state index contributed by atoms with van der Waals surface area (Å²) < 4.78 is 5.46. The van der Waals surface area contributed by atoms with Gasteiger partial charge in [0.15, 0.2) is 0 Å². The van der Waals surface area contributed by atoms with Crippen molar-refractivity contribution in [2.75, 3.05) is 13.7 Å². The summed E-state index contributed by atoms with van der Waals surface area (Å²) in [4.78, 5) is 0. The van der Waals surface area contributed by atoms with Gasteiger partial charge in [-0.3, -0.25) is 0 Å². The van der Waals surface area contributed by atoms with E-state index in [9.17, 15) is 0 Å². The maximum absolute atomic E-state index is 6.25. The first-order valence-corrected chi connectivity index (χ1v) is 6.10. The highest BCUT2D eigenvalue weighted by atomic mass is 16.5. The first-order valence-electron chi connectivity index (χ1n) is 6.10. The molecule has 0 aliphatic rings. The lowest BCUT2D eigenvalue weighted by molar-refractivity contribution is 0.394. The zero-order valence-electron chi connectivity index (χ0n) is 11.3. The Morgan fingerprint density at radius 3 is 2.47 bits per heavy atom. The van der Waals surface area contributed by atoms with E-state index in [2.05, 4.69) is 32.9 Å². The quantitative estimate of drug-likeness (QED) is 0.824. The van der Waals surface area contributed by atoms with Gasteiger partial charge in [0.1, 0.15) is 5.75 Å². The van der Waals surface area contributed by atoms with Gasteiger partial charge in [-0.1, -0.05) is 24.6 Å². The molecule has 3 heteroatoms. The SMILES string of the molecule is COc1c(C)cc(C)cc1C(N)CC(C)CN. The van der Waals surface area contributed by atoms with Crippen molar-refractivity contribution in [1.29, 1.82) is 0 Å². The van der Waals surface area contributed by atoms with Crippen molar-refractivity contribution in [3.63, 3.8) is 0 Å². The van der Waals surface area contributed by atoms with E-state index < -0.39 is 0 Å².